The third-order valence-electron chi connectivity index (χ3n) is 16.7. The number of hydrogen-bond donors (Lipinski definition) is 3. The fourth-order valence-corrected chi connectivity index (χ4v) is 12.9. The first-order valence-corrected chi connectivity index (χ1v) is 26.2. The molecule has 0 unspecified atom stereocenters. The summed E-state index contributed by atoms with van der Waals surface area (Å²) < 4.78 is 20.0. The Morgan fingerprint density at radius 1 is 0.959 bits per heavy atom. The van der Waals surface area contributed by atoms with E-state index >= 15 is 0 Å². The van der Waals surface area contributed by atoms with E-state index in [-0.39, 0.29) is 40.8 Å². The first-order chi connectivity index (χ1) is 35.3. The molecule has 15 nitrogen and oxygen atoms in total. The molecule has 5 aromatic rings. The van der Waals surface area contributed by atoms with Crippen molar-refractivity contribution in [2.45, 2.75) is 116 Å². The van der Waals surface area contributed by atoms with Crippen LogP contribution in [0.2, 0.25) is 0 Å². The number of allylic oxidation sites excluding steroid dienone is 1. The number of nitrogens with zero attached hydrogens (tertiary/aromatic N) is 7. The third-order valence-corrected chi connectivity index (χ3v) is 16.7. The van der Waals surface area contributed by atoms with Crippen LogP contribution in [0.15, 0.2) is 84.1 Å². The minimum absolute atomic E-state index is 0.0901. The van der Waals surface area contributed by atoms with Crippen molar-refractivity contribution in [3.8, 4) is 28.8 Å². The summed E-state index contributed by atoms with van der Waals surface area (Å²) in [4.78, 5) is 43.3. The molecule has 0 spiro atoms. The molecular formula is C58H71N10O5+. The predicted octanol–water partition coefficient (Wildman–Crippen LogP) is 7.77. The number of rotatable bonds is 12. The summed E-state index contributed by atoms with van der Waals surface area (Å²) in [6.07, 6.45) is 12.2. The molecule has 0 bridgehead atoms. The van der Waals surface area contributed by atoms with Gasteiger partial charge in [-0.25, -0.2) is 0 Å². The number of aromatic nitrogens is 3. The zero-order valence-corrected chi connectivity index (χ0v) is 43.3. The molecular weight excluding hydrogens is 917 g/mol. The normalized spacial score (nSPS) is 21.9. The van der Waals surface area contributed by atoms with Crippen molar-refractivity contribution in [1.29, 1.82) is 5.26 Å². The van der Waals surface area contributed by atoms with Crippen LogP contribution in [0.4, 0.5) is 5.69 Å². The number of fused-ring (bicyclic) bond motifs is 2. The van der Waals surface area contributed by atoms with Crippen LogP contribution in [-0.2, 0) is 22.5 Å². The van der Waals surface area contributed by atoms with E-state index in [9.17, 15) is 14.9 Å². The summed E-state index contributed by atoms with van der Waals surface area (Å²) in [6.45, 7) is 16.9. The number of benzene rings is 3. The van der Waals surface area contributed by atoms with Gasteiger partial charge in [-0.3, -0.25) is 19.6 Å². The molecule has 4 N–H and O–H groups in total. The molecule has 6 heterocycles. The van der Waals surface area contributed by atoms with Gasteiger partial charge in [-0.1, -0.05) is 45.9 Å². The zero-order chi connectivity index (χ0) is 51.0. The molecule has 73 heavy (non-hydrogen) atoms. The van der Waals surface area contributed by atoms with E-state index in [4.69, 9.17) is 29.9 Å². The Labute approximate surface area is 429 Å². The van der Waals surface area contributed by atoms with E-state index < -0.39 is 0 Å². The molecule has 10 rings (SSSR count). The van der Waals surface area contributed by atoms with Gasteiger partial charge in [0.25, 0.3) is 5.91 Å². The zero-order valence-electron chi connectivity index (χ0n) is 43.3. The van der Waals surface area contributed by atoms with Gasteiger partial charge in [0.1, 0.15) is 29.4 Å². The molecule has 15 heteroatoms. The van der Waals surface area contributed by atoms with Crippen molar-refractivity contribution >= 4 is 40.1 Å². The van der Waals surface area contributed by atoms with Gasteiger partial charge in [-0.15, -0.1) is 4.68 Å². The number of likely N-dealkylation sites (tertiary alicyclic amines) is 1. The van der Waals surface area contributed by atoms with Crippen molar-refractivity contribution < 1.29 is 28.5 Å². The third kappa shape index (κ3) is 9.79. The summed E-state index contributed by atoms with van der Waals surface area (Å²) >= 11 is 0. The summed E-state index contributed by atoms with van der Waals surface area (Å²) in [6, 6.07) is 24.9. The van der Waals surface area contributed by atoms with Crippen molar-refractivity contribution in [1.82, 2.24) is 25.2 Å². The average Bonchev–Trinajstić information content (AvgIpc) is 3.80. The fraction of sp³-hybridized carbons (Fsp3) is 0.483. The summed E-state index contributed by atoms with van der Waals surface area (Å²) in [7, 11) is 1.55. The van der Waals surface area contributed by atoms with Crippen molar-refractivity contribution in [3.05, 3.63) is 107 Å². The molecule has 3 aromatic carbocycles. The fourth-order valence-electron chi connectivity index (χ4n) is 12.9. The van der Waals surface area contributed by atoms with Crippen LogP contribution in [0.25, 0.3) is 27.6 Å². The van der Waals surface area contributed by atoms with Crippen LogP contribution >= 0.6 is 0 Å². The number of piperidine rings is 2. The van der Waals surface area contributed by atoms with Crippen LogP contribution in [0, 0.1) is 22.2 Å². The molecule has 5 aliphatic rings. The maximum Gasteiger partial charge on any atom is 0.251 e. The number of nitrogens with one attached hydrogen (secondary N) is 2. The molecule has 1 aliphatic carbocycles. The van der Waals surface area contributed by atoms with E-state index in [0.717, 1.165) is 130 Å². The summed E-state index contributed by atoms with van der Waals surface area (Å²) in [5, 5.41) is 18.7. The largest absolute Gasteiger partial charge is 0.495 e. The van der Waals surface area contributed by atoms with Crippen LogP contribution in [0.1, 0.15) is 112 Å². The van der Waals surface area contributed by atoms with Gasteiger partial charge < -0.3 is 40.0 Å². The lowest BCUT2D eigenvalue weighted by Crippen LogP contribution is -2.74. The molecule has 2 amide bonds. The topological polar surface area (TPSA) is 178 Å². The number of amides is 2. The Bertz CT molecular complexity index is 2930. The van der Waals surface area contributed by atoms with E-state index in [1.807, 2.05) is 29.4 Å². The van der Waals surface area contributed by atoms with Crippen LogP contribution in [-0.4, -0.2) is 115 Å². The number of pyridine rings is 1. The van der Waals surface area contributed by atoms with Crippen molar-refractivity contribution in [3.63, 3.8) is 0 Å². The maximum absolute atomic E-state index is 13.7. The van der Waals surface area contributed by atoms with E-state index in [1.165, 1.54) is 11.3 Å². The number of hydrogen-bond acceptors (Lipinski definition) is 11. The highest BCUT2D eigenvalue weighted by Gasteiger charge is 2.64. The quantitative estimate of drug-likeness (QED) is 0.0827. The smallest absolute Gasteiger partial charge is 0.251 e. The Morgan fingerprint density at radius 2 is 1.70 bits per heavy atom. The molecule has 2 aromatic heterocycles. The molecule has 0 radical (unpaired) electrons. The number of anilines is 1. The Kier molecular flexibility index (Phi) is 14.1. The lowest BCUT2D eigenvalue weighted by atomic mass is 9.49. The van der Waals surface area contributed by atoms with Crippen molar-refractivity contribution in [2.75, 3.05) is 57.9 Å². The summed E-state index contributed by atoms with van der Waals surface area (Å²) in [5.41, 5.74) is 14.0. The van der Waals surface area contributed by atoms with Gasteiger partial charge in [0, 0.05) is 128 Å². The number of H-pyrrole nitrogens is 1. The predicted molar refractivity (Wildman–Crippen MR) is 283 cm³/mol. The molecule has 0 atom stereocenters. The SMILES string of the molecule is COc1cc(OC2C(C)(C)C(NC(=O)c3ccc(N4CCC(N5CCC(N=C/C(=C\N)c6cc7cccc(-c8[nH][n+](C9CCOCC9)c9c8CN(C(C)=O)CC9)c7cn6)CC5)CC4)cc3)C2(C)C)ccc1C#N. The highest BCUT2D eigenvalue weighted by atomic mass is 16.5. The average molecular weight is 988 g/mol. The molecule has 4 aliphatic heterocycles. The molecule has 4 fully saturated rings. The summed E-state index contributed by atoms with van der Waals surface area (Å²) in [5.74, 6) is 1.12. The Hall–Kier alpha value is -6.76. The number of ether oxygens (including phenoxy) is 3. The number of carbonyl (C=O) groups excluding carboxylic acids is 2. The standard InChI is InChI=1S/C58H70N10O5/c1-37(69)67-27-20-51-49(36-67)53(64-68(51)45-21-28-72-29-22-45)47-9-7-8-39-30-50(62-35-48(39)47)41(33-60)34-61-42-16-23-65(24-17-42)44-18-25-66(26-19-44)43-13-10-38(11-14-43)54(70)63-55-57(2,3)56(58(55,4)5)73-46-15-12-40(32-59)52(31-46)71-6/h7-15,30-31,33-35,42,44-45,55-56H,16-29,36H2,1-6H3,(H3,60,61,62,63,70)/p+1. The molecule has 382 valence electrons. The first kappa shape index (κ1) is 49.8. The highest BCUT2D eigenvalue weighted by molar-refractivity contribution is 6.10. The van der Waals surface area contributed by atoms with E-state index in [2.05, 4.69) is 95.1 Å². The van der Waals surface area contributed by atoms with Gasteiger partial charge in [0.05, 0.1) is 56.2 Å². The maximum atomic E-state index is 13.7. The van der Waals surface area contributed by atoms with E-state index in [1.54, 1.807) is 38.4 Å². The lowest BCUT2D eigenvalue weighted by molar-refractivity contribution is -0.782. The van der Waals surface area contributed by atoms with Gasteiger partial charge >= 0.3 is 0 Å². The van der Waals surface area contributed by atoms with Crippen molar-refractivity contribution in [2.24, 2.45) is 21.6 Å². The number of aliphatic imine (C=N–C) groups is 1. The number of nitrogens with two attached hydrogens (primary N) is 1. The minimum Gasteiger partial charge on any atom is -0.495 e. The number of nitriles is 1. The number of aromatic amines is 1. The van der Waals surface area contributed by atoms with Gasteiger partial charge in [-0.05, 0) is 73.5 Å². The second kappa shape index (κ2) is 20.6. The lowest BCUT2D eigenvalue weighted by Gasteiger charge is -2.63. The van der Waals surface area contributed by atoms with E-state index in [0.29, 0.717) is 41.3 Å². The first-order valence-electron chi connectivity index (χ1n) is 26.2. The Morgan fingerprint density at radius 3 is 2.38 bits per heavy atom. The molecule has 3 saturated heterocycles. The second-order valence-electron chi connectivity index (χ2n) is 21.9. The molecule has 1 saturated carbocycles. The van der Waals surface area contributed by atoms with Gasteiger partial charge in [0.15, 0.2) is 6.04 Å². The van der Waals surface area contributed by atoms with Crippen LogP contribution in [0.3, 0.4) is 0 Å². The number of carbonyl (C=O) groups is 2. The number of methoxy groups -OCH3 is 1. The highest BCUT2D eigenvalue weighted by Crippen LogP contribution is 2.56. The monoisotopic (exact) mass is 988 g/mol. The van der Waals surface area contributed by atoms with Gasteiger partial charge in [-0.2, -0.15) is 10.4 Å². The van der Waals surface area contributed by atoms with Crippen LogP contribution in [0.5, 0.6) is 11.5 Å². The second-order valence-corrected chi connectivity index (χ2v) is 21.9. The Balaban J connectivity index is 0.712. The minimum atomic E-state index is -0.342. The van der Waals surface area contributed by atoms with Gasteiger partial charge in [0.2, 0.25) is 11.6 Å². The van der Waals surface area contributed by atoms with Crippen LogP contribution < -0.4 is 30.1 Å².